The first-order chi connectivity index (χ1) is 17.5. The largest absolute Gasteiger partial charge is 0.497 e. The molecule has 190 valence electrons. The number of nitrogens with one attached hydrogen (secondary N) is 2. The fourth-order valence-electron chi connectivity index (χ4n) is 4.79. The molecule has 2 N–H and O–H groups in total. The van der Waals surface area contributed by atoms with Gasteiger partial charge in [-0.15, -0.1) is 0 Å². The Labute approximate surface area is 209 Å². The molecule has 1 atom stereocenters. The monoisotopic (exact) mass is 494 g/mol. The number of methoxy groups -OCH3 is 2. The first-order valence-corrected chi connectivity index (χ1v) is 11.9. The second-order valence-corrected chi connectivity index (χ2v) is 8.93. The van der Waals surface area contributed by atoms with E-state index in [9.17, 15) is 9.59 Å². The molecular formula is C26H30N4O6. The maximum absolute atomic E-state index is 12.9. The number of amides is 2. The van der Waals surface area contributed by atoms with Crippen LogP contribution in [0.25, 0.3) is 0 Å². The minimum Gasteiger partial charge on any atom is -0.497 e. The molecule has 1 saturated heterocycles. The summed E-state index contributed by atoms with van der Waals surface area (Å²) in [7, 11) is 2.93. The van der Waals surface area contributed by atoms with E-state index in [0.717, 1.165) is 49.8 Å². The van der Waals surface area contributed by atoms with E-state index < -0.39 is 12.0 Å². The third kappa shape index (κ3) is 5.09. The van der Waals surface area contributed by atoms with Gasteiger partial charge in [0.25, 0.3) is 0 Å². The highest BCUT2D eigenvalue weighted by molar-refractivity contribution is 5.95. The molecule has 0 bridgehead atoms. The van der Waals surface area contributed by atoms with Crippen LogP contribution in [-0.2, 0) is 16.1 Å². The third-order valence-electron chi connectivity index (χ3n) is 6.68. The number of carbonyl (C=O) groups is 2. The van der Waals surface area contributed by atoms with Gasteiger partial charge in [-0.25, -0.2) is 9.59 Å². The van der Waals surface area contributed by atoms with Gasteiger partial charge in [-0.2, -0.15) is 0 Å². The van der Waals surface area contributed by atoms with E-state index in [1.54, 1.807) is 7.11 Å². The van der Waals surface area contributed by atoms with E-state index in [-0.39, 0.29) is 12.8 Å². The quantitative estimate of drug-likeness (QED) is 0.564. The molecule has 3 heterocycles. The number of fused-ring (bicyclic) bond motifs is 1. The highest BCUT2D eigenvalue weighted by Gasteiger charge is 2.34. The molecule has 1 unspecified atom stereocenters. The Morgan fingerprint density at radius 1 is 1.00 bits per heavy atom. The lowest BCUT2D eigenvalue weighted by Crippen LogP contribution is -2.51. The normalized spacial score (nSPS) is 20.1. The summed E-state index contributed by atoms with van der Waals surface area (Å²) in [6.07, 6.45) is 0. The molecule has 1 fully saturated rings. The second kappa shape index (κ2) is 10.5. The van der Waals surface area contributed by atoms with Gasteiger partial charge in [-0.05, 0) is 35.4 Å². The SMILES string of the molecule is COC(=O)C1=C(CN2CCN(Cc3ccc4c(c3)OCO4)CC2)NC(=O)NC1c1cccc(OC)c1. The molecule has 3 aliphatic rings. The van der Waals surface area contributed by atoms with Crippen LogP contribution in [-0.4, -0.2) is 75.5 Å². The lowest BCUT2D eigenvalue weighted by molar-refractivity contribution is -0.136. The van der Waals surface area contributed by atoms with Gasteiger partial charge < -0.3 is 29.6 Å². The molecular weight excluding hydrogens is 464 g/mol. The Morgan fingerprint density at radius 2 is 1.75 bits per heavy atom. The summed E-state index contributed by atoms with van der Waals surface area (Å²) in [6, 6.07) is 12.4. The Bertz CT molecular complexity index is 1170. The smallest absolute Gasteiger partial charge is 0.338 e. The van der Waals surface area contributed by atoms with Crippen molar-refractivity contribution < 1.29 is 28.5 Å². The van der Waals surface area contributed by atoms with Crippen LogP contribution < -0.4 is 24.8 Å². The molecule has 5 rings (SSSR count). The number of hydrogen-bond donors (Lipinski definition) is 2. The predicted octanol–water partition coefficient (Wildman–Crippen LogP) is 2.02. The van der Waals surface area contributed by atoms with Crippen molar-refractivity contribution in [2.75, 3.05) is 53.7 Å². The average molecular weight is 495 g/mol. The molecule has 0 aromatic heterocycles. The molecule has 10 heteroatoms. The second-order valence-electron chi connectivity index (χ2n) is 8.93. The van der Waals surface area contributed by atoms with E-state index in [1.807, 2.05) is 36.4 Å². The van der Waals surface area contributed by atoms with Crippen LogP contribution in [0.1, 0.15) is 17.2 Å². The summed E-state index contributed by atoms with van der Waals surface area (Å²) in [5, 5.41) is 5.71. The number of ether oxygens (including phenoxy) is 4. The first-order valence-electron chi connectivity index (χ1n) is 11.9. The third-order valence-corrected chi connectivity index (χ3v) is 6.68. The van der Waals surface area contributed by atoms with Crippen molar-refractivity contribution in [3.8, 4) is 17.2 Å². The summed E-state index contributed by atoms with van der Waals surface area (Å²) in [6.45, 7) is 4.85. The van der Waals surface area contributed by atoms with Crippen molar-refractivity contribution in [2.45, 2.75) is 12.6 Å². The zero-order chi connectivity index (χ0) is 25.1. The fraction of sp³-hybridized carbons (Fsp3) is 0.385. The van der Waals surface area contributed by atoms with Crippen LogP contribution in [0.5, 0.6) is 17.2 Å². The molecule has 3 aliphatic heterocycles. The van der Waals surface area contributed by atoms with Gasteiger partial charge >= 0.3 is 12.0 Å². The Hall–Kier alpha value is -3.76. The number of rotatable bonds is 7. The number of urea groups is 1. The fourth-order valence-corrected chi connectivity index (χ4v) is 4.79. The van der Waals surface area contributed by atoms with Gasteiger partial charge in [0.05, 0.1) is 25.8 Å². The molecule has 0 saturated carbocycles. The number of carbonyl (C=O) groups excluding carboxylic acids is 2. The maximum Gasteiger partial charge on any atom is 0.338 e. The number of benzene rings is 2. The van der Waals surface area contributed by atoms with Crippen molar-refractivity contribution in [1.82, 2.24) is 20.4 Å². The van der Waals surface area contributed by atoms with E-state index in [4.69, 9.17) is 18.9 Å². The Morgan fingerprint density at radius 3 is 2.50 bits per heavy atom. The Balaban J connectivity index is 1.28. The average Bonchev–Trinajstić information content (AvgIpc) is 3.37. The summed E-state index contributed by atoms with van der Waals surface area (Å²) >= 11 is 0. The van der Waals surface area contributed by atoms with Crippen molar-refractivity contribution in [3.05, 3.63) is 64.9 Å². The van der Waals surface area contributed by atoms with E-state index in [2.05, 4.69) is 26.5 Å². The van der Waals surface area contributed by atoms with Gasteiger partial charge in [0.2, 0.25) is 6.79 Å². The van der Waals surface area contributed by atoms with E-state index >= 15 is 0 Å². The zero-order valence-electron chi connectivity index (χ0n) is 20.4. The van der Waals surface area contributed by atoms with Crippen molar-refractivity contribution in [3.63, 3.8) is 0 Å². The molecule has 2 amide bonds. The van der Waals surface area contributed by atoms with Crippen molar-refractivity contribution in [1.29, 1.82) is 0 Å². The van der Waals surface area contributed by atoms with Gasteiger partial charge in [0, 0.05) is 45.0 Å². The molecule has 2 aromatic carbocycles. The first kappa shape index (κ1) is 24.0. The Kier molecular flexibility index (Phi) is 6.97. The molecule has 2 aromatic rings. The van der Waals surface area contributed by atoms with Crippen LogP contribution in [0.3, 0.4) is 0 Å². The lowest BCUT2D eigenvalue weighted by Gasteiger charge is -2.37. The summed E-state index contributed by atoms with van der Waals surface area (Å²) < 4.78 is 21.3. The van der Waals surface area contributed by atoms with E-state index in [1.165, 1.54) is 12.7 Å². The highest BCUT2D eigenvalue weighted by atomic mass is 16.7. The molecule has 36 heavy (non-hydrogen) atoms. The van der Waals surface area contributed by atoms with Crippen LogP contribution in [0, 0.1) is 0 Å². The highest BCUT2D eigenvalue weighted by Crippen LogP contribution is 2.33. The van der Waals surface area contributed by atoms with Gasteiger partial charge in [0.15, 0.2) is 11.5 Å². The summed E-state index contributed by atoms with van der Waals surface area (Å²) in [5.74, 6) is 1.74. The number of nitrogens with zero attached hydrogens (tertiary/aromatic N) is 2. The number of esters is 1. The predicted molar refractivity (Wildman–Crippen MR) is 131 cm³/mol. The van der Waals surface area contributed by atoms with Crippen molar-refractivity contribution in [2.24, 2.45) is 0 Å². The van der Waals surface area contributed by atoms with Crippen LogP contribution in [0.15, 0.2) is 53.7 Å². The summed E-state index contributed by atoms with van der Waals surface area (Å²) in [4.78, 5) is 30.0. The maximum atomic E-state index is 12.9. The summed E-state index contributed by atoms with van der Waals surface area (Å²) in [5.41, 5.74) is 2.88. The zero-order valence-corrected chi connectivity index (χ0v) is 20.4. The molecule has 0 aliphatic carbocycles. The van der Waals surface area contributed by atoms with E-state index in [0.29, 0.717) is 23.6 Å². The van der Waals surface area contributed by atoms with Crippen LogP contribution >= 0.6 is 0 Å². The number of piperazine rings is 1. The minimum absolute atomic E-state index is 0.269. The van der Waals surface area contributed by atoms with Gasteiger partial charge in [-0.1, -0.05) is 18.2 Å². The molecule has 0 spiro atoms. The van der Waals surface area contributed by atoms with Crippen LogP contribution in [0.4, 0.5) is 4.79 Å². The molecule has 0 radical (unpaired) electrons. The standard InChI is InChI=1S/C26H30N4O6/c1-33-19-5-3-4-18(13-19)24-23(25(31)34-2)20(27-26(32)28-24)15-30-10-8-29(9-11-30)14-17-6-7-21-22(12-17)36-16-35-21/h3-7,12-13,24H,8-11,14-16H2,1-2H3,(H2,27,28,32). The topological polar surface area (TPSA) is 102 Å². The number of hydrogen-bond acceptors (Lipinski definition) is 8. The van der Waals surface area contributed by atoms with Crippen LogP contribution in [0.2, 0.25) is 0 Å². The van der Waals surface area contributed by atoms with Gasteiger partial charge in [0.1, 0.15) is 5.75 Å². The van der Waals surface area contributed by atoms with Crippen molar-refractivity contribution >= 4 is 12.0 Å². The molecule has 10 nitrogen and oxygen atoms in total. The lowest BCUT2D eigenvalue weighted by atomic mass is 9.94. The van der Waals surface area contributed by atoms with Gasteiger partial charge in [-0.3, -0.25) is 9.80 Å². The minimum atomic E-state index is -0.636.